The number of benzene rings is 1. The van der Waals surface area contributed by atoms with Gasteiger partial charge in [0.1, 0.15) is 0 Å². The molecule has 0 heterocycles. The highest BCUT2D eigenvalue weighted by atomic mass is 35.5. The summed E-state index contributed by atoms with van der Waals surface area (Å²) in [4.78, 5) is 11.9. The van der Waals surface area contributed by atoms with Crippen LogP contribution >= 0.6 is 11.6 Å². The van der Waals surface area contributed by atoms with E-state index in [9.17, 15) is 4.79 Å². The van der Waals surface area contributed by atoms with Gasteiger partial charge < -0.3 is 10.6 Å². The Hall–Kier alpha value is -1.22. The molecule has 4 heteroatoms. The molecule has 2 N–H and O–H groups in total. The van der Waals surface area contributed by atoms with E-state index in [-0.39, 0.29) is 12.5 Å². The third kappa shape index (κ3) is 4.43. The van der Waals surface area contributed by atoms with Crippen LogP contribution in [0.3, 0.4) is 0 Å². The number of halogens is 1. The van der Waals surface area contributed by atoms with Gasteiger partial charge in [0.2, 0.25) is 5.91 Å². The van der Waals surface area contributed by atoms with Crippen LogP contribution in [-0.2, 0) is 4.79 Å². The van der Waals surface area contributed by atoms with Crippen LogP contribution in [0.4, 0.5) is 5.69 Å². The molecule has 0 unspecified atom stereocenters. The van der Waals surface area contributed by atoms with Crippen molar-refractivity contribution in [2.45, 2.75) is 45.1 Å². The van der Waals surface area contributed by atoms with E-state index < -0.39 is 0 Å². The van der Waals surface area contributed by atoms with E-state index in [1.165, 1.54) is 19.3 Å². The van der Waals surface area contributed by atoms with Crippen LogP contribution in [0.25, 0.3) is 0 Å². The molecule has 0 radical (unpaired) electrons. The molecule has 0 saturated heterocycles. The summed E-state index contributed by atoms with van der Waals surface area (Å²) in [6, 6.07) is 6.11. The summed E-state index contributed by atoms with van der Waals surface area (Å²) in [5.74, 6) is 0.0458. The topological polar surface area (TPSA) is 41.1 Å². The van der Waals surface area contributed by atoms with Crippen LogP contribution in [0.15, 0.2) is 18.2 Å². The van der Waals surface area contributed by atoms with Crippen molar-refractivity contribution in [3.63, 3.8) is 0 Å². The number of hydrogen-bond acceptors (Lipinski definition) is 2. The Morgan fingerprint density at radius 2 is 2.05 bits per heavy atom. The molecule has 1 aliphatic rings. The van der Waals surface area contributed by atoms with E-state index in [0.717, 1.165) is 24.1 Å². The normalized spacial score (nSPS) is 16.1. The highest BCUT2D eigenvalue weighted by Crippen LogP contribution is 2.22. The summed E-state index contributed by atoms with van der Waals surface area (Å²) in [6.07, 6.45) is 5.96. The lowest BCUT2D eigenvalue weighted by Gasteiger charge is -2.23. The lowest BCUT2D eigenvalue weighted by Crippen LogP contribution is -2.39. The first-order chi connectivity index (χ1) is 9.15. The number of carbonyl (C=O) groups excluding carboxylic acids is 1. The van der Waals surface area contributed by atoms with Crippen molar-refractivity contribution in [2.24, 2.45) is 0 Å². The lowest BCUT2D eigenvalue weighted by atomic mass is 9.95. The molecule has 1 amide bonds. The van der Waals surface area contributed by atoms with Gasteiger partial charge in [0, 0.05) is 6.04 Å². The zero-order chi connectivity index (χ0) is 13.7. The van der Waals surface area contributed by atoms with Crippen LogP contribution in [0, 0.1) is 6.92 Å². The number of carbonyl (C=O) groups is 1. The molecule has 3 nitrogen and oxygen atoms in total. The third-order valence-corrected chi connectivity index (χ3v) is 3.86. The van der Waals surface area contributed by atoms with E-state index in [0.29, 0.717) is 11.1 Å². The van der Waals surface area contributed by atoms with Gasteiger partial charge in [-0.05, 0) is 37.5 Å². The maximum Gasteiger partial charge on any atom is 0.239 e. The number of aryl methyl sites for hydroxylation is 1. The molecule has 1 fully saturated rings. The predicted molar refractivity (Wildman–Crippen MR) is 79.7 cm³/mol. The fourth-order valence-electron chi connectivity index (χ4n) is 2.48. The van der Waals surface area contributed by atoms with Crippen molar-refractivity contribution in [1.82, 2.24) is 5.32 Å². The number of anilines is 1. The molecule has 1 aliphatic carbocycles. The van der Waals surface area contributed by atoms with Gasteiger partial charge in [-0.1, -0.05) is 36.9 Å². The van der Waals surface area contributed by atoms with Gasteiger partial charge in [0.15, 0.2) is 0 Å². The Morgan fingerprint density at radius 3 is 2.79 bits per heavy atom. The smallest absolute Gasteiger partial charge is 0.239 e. The average Bonchev–Trinajstić information content (AvgIpc) is 2.41. The number of rotatable bonds is 4. The van der Waals surface area contributed by atoms with Gasteiger partial charge in [-0.15, -0.1) is 0 Å². The van der Waals surface area contributed by atoms with Gasteiger partial charge in [0.05, 0.1) is 17.3 Å². The predicted octanol–water partition coefficient (Wildman–Crippen LogP) is 3.51. The quantitative estimate of drug-likeness (QED) is 0.886. The van der Waals surface area contributed by atoms with Crippen molar-refractivity contribution >= 4 is 23.2 Å². The van der Waals surface area contributed by atoms with E-state index in [1.807, 2.05) is 25.1 Å². The van der Waals surface area contributed by atoms with Crippen LogP contribution < -0.4 is 10.6 Å². The maximum atomic E-state index is 11.9. The van der Waals surface area contributed by atoms with Crippen LogP contribution in [0.5, 0.6) is 0 Å². The Kier molecular flexibility index (Phi) is 5.08. The number of amides is 1. The summed E-state index contributed by atoms with van der Waals surface area (Å²) in [6.45, 7) is 2.28. The Bertz CT molecular complexity index is 442. The third-order valence-electron chi connectivity index (χ3n) is 3.53. The molecule has 2 rings (SSSR count). The molecule has 1 aromatic carbocycles. The largest absolute Gasteiger partial charge is 0.375 e. The summed E-state index contributed by atoms with van der Waals surface area (Å²) in [5, 5.41) is 6.83. The molecule has 19 heavy (non-hydrogen) atoms. The zero-order valence-corrected chi connectivity index (χ0v) is 12.1. The fraction of sp³-hybridized carbons (Fsp3) is 0.533. The molecule has 0 spiro atoms. The van der Waals surface area contributed by atoms with Gasteiger partial charge >= 0.3 is 0 Å². The van der Waals surface area contributed by atoms with Crippen molar-refractivity contribution < 1.29 is 4.79 Å². The van der Waals surface area contributed by atoms with Crippen molar-refractivity contribution in [3.8, 4) is 0 Å². The second kappa shape index (κ2) is 6.80. The highest BCUT2D eigenvalue weighted by Gasteiger charge is 2.15. The van der Waals surface area contributed by atoms with Crippen molar-refractivity contribution in [3.05, 3.63) is 28.8 Å². The number of nitrogens with one attached hydrogen (secondary N) is 2. The molecule has 104 valence electrons. The summed E-state index contributed by atoms with van der Waals surface area (Å²) in [5.41, 5.74) is 1.94. The van der Waals surface area contributed by atoms with Crippen LogP contribution in [0.2, 0.25) is 5.02 Å². The fourth-order valence-corrected chi connectivity index (χ4v) is 2.66. The molecule has 1 aromatic rings. The Labute approximate surface area is 119 Å². The van der Waals surface area contributed by atoms with E-state index in [4.69, 9.17) is 11.6 Å². The van der Waals surface area contributed by atoms with Gasteiger partial charge in [0.25, 0.3) is 0 Å². The van der Waals surface area contributed by atoms with Gasteiger partial charge in [-0.3, -0.25) is 4.79 Å². The Balaban J connectivity index is 1.81. The van der Waals surface area contributed by atoms with Crippen molar-refractivity contribution in [2.75, 3.05) is 11.9 Å². The number of hydrogen-bond donors (Lipinski definition) is 2. The minimum absolute atomic E-state index is 0.0458. The summed E-state index contributed by atoms with van der Waals surface area (Å²) < 4.78 is 0. The lowest BCUT2D eigenvalue weighted by molar-refractivity contribution is -0.120. The SMILES string of the molecule is Cc1ccc(Cl)c(NCC(=O)NC2CCCCC2)c1. The standard InChI is InChI=1S/C15H21ClN2O/c1-11-7-8-13(16)14(9-11)17-10-15(19)18-12-5-3-2-4-6-12/h7-9,12,17H,2-6,10H2,1H3,(H,18,19). The first kappa shape index (κ1) is 14.2. The summed E-state index contributed by atoms with van der Waals surface area (Å²) in [7, 11) is 0. The van der Waals surface area contributed by atoms with Crippen LogP contribution in [0.1, 0.15) is 37.7 Å². The first-order valence-electron chi connectivity index (χ1n) is 6.94. The minimum Gasteiger partial charge on any atom is -0.375 e. The maximum absolute atomic E-state index is 11.9. The summed E-state index contributed by atoms with van der Waals surface area (Å²) >= 11 is 6.08. The average molecular weight is 281 g/mol. The second-order valence-electron chi connectivity index (χ2n) is 5.24. The molecular formula is C15H21ClN2O. The molecule has 0 aromatic heterocycles. The Morgan fingerprint density at radius 1 is 1.32 bits per heavy atom. The van der Waals surface area contributed by atoms with Gasteiger partial charge in [-0.2, -0.15) is 0 Å². The molecule has 0 aliphatic heterocycles. The second-order valence-corrected chi connectivity index (χ2v) is 5.65. The van der Waals surface area contributed by atoms with Gasteiger partial charge in [-0.25, -0.2) is 0 Å². The highest BCUT2D eigenvalue weighted by molar-refractivity contribution is 6.33. The van der Waals surface area contributed by atoms with Crippen molar-refractivity contribution in [1.29, 1.82) is 0 Å². The van der Waals surface area contributed by atoms with E-state index in [1.54, 1.807) is 0 Å². The van der Waals surface area contributed by atoms with E-state index in [2.05, 4.69) is 10.6 Å². The molecule has 1 saturated carbocycles. The monoisotopic (exact) mass is 280 g/mol. The zero-order valence-electron chi connectivity index (χ0n) is 11.3. The molecule has 0 bridgehead atoms. The first-order valence-corrected chi connectivity index (χ1v) is 7.32. The van der Waals surface area contributed by atoms with Crippen LogP contribution in [-0.4, -0.2) is 18.5 Å². The molecule has 0 atom stereocenters. The minimum atomic E-state index is 0.0458. The van der Waals surface area contributed by atoms with E-state index >= 15 is 0 Å². The molecular weight excluding hydrogens is 260 g/mol.